The number of rotatable bonds is 2. The Morgan fingerprint density at radius 3 is 2.29 bits per heavy atom. The zero-order valence-corrected chi connectivity index (χ0v) is 11.4. The molecule has 1 aromatic heterocycles. The van der Waals surface area contributed by atoms with Gasteiger partial charge in [-0.2, -0.15) is 0 Å². The topological polar surface area (TPSA) is 46.2 Å². The van der Waals surface area contributed by atoms with E-state index in [-0.39, 0.29) is 18.4 Å². The fraction of sp³-hybridized carbons (Fsp3) is 0.231. The van der Waals surface area contributed by atoms with Gasteiger partial charge in [0.1, 0.15) is 5.75 Å². The van der Waals surface area contributed by atoms with E-state index in [1.54, 1.807) is 11.3 Å². The molecule has 0 saturated carbocycles. The van der Waals surface area contributed by atoms with Gasteiger partial charge in [-0.05, 0) is 42.0 Å². The van der Waals surface area contributed by atoms with Gasteiger partial charge in [-0.25, -0.2) is 0 Å². The third-order valence-corrected chi connectivity index (χ3v) is 3.68. The highest BCUT2D eigenvalue weighted by Crippen LogP contribution is 2.29. The van der Waals surface area contributed by atoms with Crippen molar-refractivity contribution in [2.45, 2.75) is 19.9 Å². The highest BCUT2D eigenvalue weighted by molar-refractivity contribution is 7.10. The molecule has 4 heteroatoms. The van der Waals surface area contributed by atoms with Crippen LogP contribution in [0.15, 0.2) is 29.6 Å². The number of nitrogens with two attached hydrogens (primary N) is 1. The zero-order valence-electron chi connectivity index (χ0n) is 9.81. The van der Waals surface area contributed by atoms with E-state index in [4.69, 9.17) is 5.73 Å². The largest absolute Gasteiger partial charge is 0.507 e. The van der Waals surface area contributed by atoms with Crippen LogP contribution in [0.5, 0.6) is 5.75 Å². The van der Waals surface area contributed by atoms with Gasteiger partial charge in [0.05, 0.1) is 6.04 Å². The van der Waals surface area contributed by atoms with E-state index >= 15 is 0 Å². The maximum Gasteiger partial charge on any atom is 0.121 e. The lowest BCUT2D eigenvalue weighted by Gasteiger charge is -2.13. The van der Waals surface area contributed by atoms with Crippen molar-refractivity contribution in [2.24, 2.45) is 5.73 Å². The molecule has 0 unspecified atom stereocenters. The molecule has 0 saturated heterocycles. The predicted octanol–water partition coefficient (Wildman–Crippen LogP) is 3.54. The molecule has 1 aromatic carbocycles. The first-order chi connectivity index (χ1) is 7.59. The summed E-state index contributed by atoms with van der Waals surface area (Å²) in [6.45, 7) is 3.79. The van der Waals surface area contributed by atoms with Crippen molar-refractivity contribution < 1.29 is 5.11 Å². The van der Waals surface area contributed by atoms with E-state index < -0.39 is 0 Å². The van der Waals surface area contributed by atoms with Gasteiger partial charge in [-0.15, -0.1) is 23.7 Å². The van der Waals surface area contributed by atoms with E-state index in [1.165, 1.54) is 0 Å². The summed E-state index contributed by atoms with van der Waals surface area (Å²) in [6.07, 6.45) is 0. The fourth-order valence-corrected chi connectivity index (χ4v) is 2.56. The molecule has 1 atom stereocenters. The Labute approximate surface area is 112 Å². The number of phenolic OH excluding ortho intramolecular Hbond substituents is 1. The van der Waals surface area contributed by atoms with Gasteiger partial charge >= 0.3 is 0 Å². The lowest BCUT2D eigenvalue weighted by Crippen LogP contribution is -2.10. The standard InChI is InChI=1S/C13H15NOS.ClH/c1-8-6-10(7-9(2)13(8)15)12(14)11-4-3-5-16-11;/h3-7,12,15H,14H2,1-2H3;1H/t12-;/m0./s1. The van der Waals surface area contributed by atoms with E-state index in [2.05, 4.69) is 0 Å². The maximum absolute atomic E-state index is 9.70. The summed E-state index contributed by atoms with van der Waals surface area (Å²) in [6, 6.07) is 7.84. The first-order valence-corrected chi connectivity index (χ1v) is 6.06. The summed E-state index contributed by atoms with van der Waals surface area (Å²) < 4.78 is 0. The second kappa shape index (κ2) is 5.54. The highest BCUT2D eigenvalue weighted by Gasteiger charge is 2.12. The normalized spacial score (nSPS) is 11.9. The molecule has 92 valence electrons. The van der Waals surface area contributed by atoms with Crippen molar-refractivity contribution in [1.82, 2.24) is 0 Å². The third kappa shape index (κ3) is 2.80. The molecule has 2 rings (SSSR count). The van der Waals surface area contributed by atoms with E-state index in [0.29, 0.717) is 5.75 Å². The Kier molecular flexibility index (Phi) is 4.57. The van der Waals surface area contributed by atoms with Crippen molar-refractivity contribution in [3.63, 3.8) is 0 Å². The van der Waals surface area contributed by atoms with Gasteiger partial charge in [0.15, 0.2) is 0 Å². The smallest absolute Gasteiger partial charge is 0.121 e. The van der Waals surface area contributed by atoms with E-state index in [1.807, 2.05) is 43.5 Å². The minimum absolute atomic E-state index is 0. The van der Waals surface area contributed by atoms with Gasteiger partial charge in [-0.1, -0.05) is 18.2 Å². The monoisotopic (exact) mass is 269 g/mol. The predicted molar refractivity (Wildman–Crippen MR) is 75.2 cm³/mol. The molecule has 0 aliphatic heterocycles. The van der Waals surface area contributed by atoms with Crippen LogP contribution in [0.25, 0.3) is 0 Å². The van der Waals surface area contributed by atoms with Crippen LogP contribution in [0.1, 0.15) is 27.6 Å². The minimum Gasteiger partial charge on any atom is -0.507 e. The lowest BCUT2D eigenvalue weighted by molar-refractivity contribution is 0.466. The summed E-state index contributed by atoms with van der Waals surface area (Å²) in [7, 11) is 0. The lowest BCUT2D eigenvalue weighted by atomic mass is 10.00. The molecule has 0 spiro atoms. The van der Waals surface area contributed by atoms with E-state index in [0.717, 1.165) is 21.6 Å². The molecular formula is C13H16ClNOS. The number of hydrogen-bond acceptors (Lipinski definition) is 3. The molecule has 0 aliphatic rings. The summed E-state index contributed by atoms with van der Waals surface area (Å²) in [5, 5.41) is 11.7. The molecule has 2 aromatic rings. The average molecular weight is 270 g/mol. The van der Waals surface area contributed by atoms with Crippen LogP contribution in [0.4, 0.5) is 0 Å². The van der Waals surface area contributed by atoms with Gasteiger partial charge in [0, 0.05) is 4.88 Å². The number of aromatic hydroxyl groups is 1. The van der Waals surface area contributed by atoms with Crippen molar-refractivity contribution in [3.05, 3.63) is 51.2 Å². The van der Waals surface area contributed by atoms with Crippen molar-refractivity contribution in [2.75, 3.05) is 0 Å². The molecule has 0 aliphatic carbocycles. The molecule has 0 fully saturated rings. The second-order valence-corrected chi connectivity index (χ2v) is 4.98. The summed E-state index contributed by atoms with van der Waals surface area (Å²) in [5.41, 5.74) is 8.98. The summed E-state index contributed by atoms with van der Waals surface area (Å²) in [5.74, 6) is 0.363. The first-order valence-electron chi connectivity index (χ1n) is 5.18. The Balaban J connectivity index is 0.00000144. The fourth-order valence-electron chi connectivity index (χ4n) is 1.80. The molecule has 17 heavy (non-hydrogen) atoms. The van der Waals surface area contributed by atoms with Crippen molar-refractivity contribution in [1.29, 1.82) is 0 Å². The molecule has 2 nitrogen and oxygen atoms in total. The van der Waals surface area contributed by atoms with Crippen molar-refractivity contribution in [3.8, 4) is 5.75 Å². The van der Waals surface area contributed by atoms with E-state index in [9.17, 15) is 5.11 Å². The van der Waals surface area contributed by atoms with Gasteiger partial charge in [0.25, 0.3) is 0 Å². The quantitative estimate of drug-likeness (QED) is 0.876. The average Bonchev–Trinajstić information content (AvgIpc) is 2.77. The molecular weight excluding hydrogens is 254 g/mol. The SMILES string of the molecule is Cc1cc([C@H](N)c2cccs2)cc(C)c1O.Cl. The molecule has 1 heterocycles. The minimum atomic E-state index is -0.0991. The van der Waals surface area contributed by atoms with Crippen LogP contribution in [0, 0.1) is 13.8 Å². The number of halogens is 1. The number of thiophene rings is 1. The Bertz CT molecular complexity index is 473. The number of phenols is 1. The zero-order chi connectivity index (χ0) is 11.7. The Morgan fingerprint density at radius 2 is 1.82 bits per heavy atom. The Hall–Kier alpha value is -1.03. The molecule has 0 bridgehead atoms. The third-order valence-electron chi connectivity index (χ3n) is 2.72. The Morgan fingerprint density at radius 1 is 1.24 bits per heavy atom. The second-order valence-electron chi connectivity index (χ2n) is 4.00. The molecule has 0 amide bonds. The highest BCUT2D eigenvalue weighted by atomic mass is 35.5. The number of benzene rings is 1. The number of hydrogen-bond donors (Lipinski definition) is 2. The van der Waals surface area contributed by atoms with Crippen LogP contribution in [-0.2, 0) is 0 Å². The van der Waals surface area contributed by atoms with Crippen molar-refractivity contribution >= 4 is 23.7 Å². The van der Waals surface area contributed by atoms with Gasteiger partial charge < -0.3 is 10.8 Å². The summed E-state index contributed by atoms with van der Waals surface area (Å²) in [4.78, 5) is 1.14. The first kappa shape index (κ1) is 14.0. The molecule has 3 N–H and O–H groups in total. The van der Waals surface area contributed by atoms with Crippen LogP contribution < -0.4 is 5.73 Å². The van der Waals surface area contributed by atoms with Crippen LogP contribution >= 0.6 is 23.7 Å². The summed E-state index contributed by atoms with van der Waals surface area (Å²) >= 11 is 1.65. The van der Waals surface area contributed by atoms with Gasteiger partial charge in [0.2, 0.25) is 0 Å². The van der Waals surface area contributed by atoms with Crippen LogP contribution in [-0.4, -0.2) is 5.11 Å². The number of aryl methyl sites for hydroxylation is 2. The maximum atomic E-state index is 9.70. The van der Waals surface area contributed by atoms with Crippen LogP contribution in [0.3, 0.4) is 0 Å². The van der Waals surface area contributed by atoms with Gasteiger partial charge in [-0.3, -0.25) is 0 Å². The molecule has 0 radical (unpaired) electrons. The van der Waals surface area contributed by atoms with Crippen LogP contribution in [0.2, 0.25) is 0 Å².